The zero-order valence-corrected chi connectivity index (χ0v) is 10.3. The lowest BCUT2D eigenvalue weighted by molar-refractivity contribution is -0.141. The van der Waals surface area contributed by atoms with Crippen molar-refractivity contribution in [2.45, 2.75) is 17.4 Å². The van der Waals surface area contributed by atoms with E-state index < -0.39 is 5.97 Å². The third-order valence-electron chi connectivity index (χ3n) is 3.09. The molecule has 17 heavy (non-hydrogen) atoms. The Kier molecular flexibility index (Phi) is 3.59. The number of carbonyl (C=O) groups is 1. The van der Waals surface area contributed by atoms with E-state index in [2.05, 4.69) is 5.32 Å². The summed E-state index contributed by atoms with van der Waals surface area (Å²) < 4.78 is 0. The van der Waals surface area contributed by atoms with Gasteiger partial charge in [-0.15, -0.1) is 11.8 Å². The Balaban J connectivity index is 2.26. The lowest BCUT2D eigenvalue weighted by atomic mass is 9.99. The van der Waals surface area contributed by atoms with Gasteiger partial charge >= 0.3 is 5.97 Å². The number of rotatable bonds is 3. The van der Waals surface area contributed by atoms with Crippen LogP contribution in [0.25, 0.3) is 0 Å². The van der Waals surface area contributed by atoms with Crippen LogP contribution in [-0.4, -0.2) is 29.0 Å². The average Bonchev–Trinajstić information content (AvgIpc) is 2.77. The van der Waals surface area contributed by atoms with Crippen molar-refractivity contribution in [3.63, 3.8) is 0 Å². The van der Waals surface area contributed by atoms with E-state index in [1.54, 1.807) is 23.9 Å². The van der Waals surface area contributed by atoms with E-state index in [9.17, 15) is 9.90 Å². The van der Waals surface area contributed by atoms with Crippen LogP contribution in [0.4, 0.5) is 0 Å². The Bertz CT molecular complexity index is 436. The van der Waals surface area contributed by atoms with E-state index in [0.29, 0.717) is 13.0 Å². The third-order valence-corrected chi connectivity index (χ3v) is 3.89. The summed E-state index contributed by atoms with van der Waals surface area (Å²) in [7, 11) is 0. The number of aliphatic carboxylic acids is 1. The number of hydrogen-bond acceptors (Lipinski definition) is 4. The summed E-state index contributed by atoms with van der Waals surface area (Å²) in [6, 6.07) is 5.31. The molecule has 1 aromatic carbocycles. The van der Waals surface area contributed by atoms with Crippen LogP contribution in [0.2, 0.25) is 0 Å². The Hall–Kier alpha value is -1.20. The molecule has 1 aliphatic heterocycles. The molecule has 2 rings (SSSR count). The fourth-order valence-corrected chi connectivity index (χ4v) is 2.89. The van der Waals surface area contributed by atoms with Gasteiger partial charge in [-0.1, -0.05) is 6.07 Å². The van der Waals surface area contributed by atoms with E-state index >= 15 is 0 Å². The molecule has 3 N–H and O–H groups in total. The van der Waals surface area contributed by atoms with Gasteiger partial charge in [-0.2, -0.15) is 0 Å². The van der Waals surface area contributed by atoms with Crippen LogP contribution in [0.3, 0.4) is 0 Å². The van der Waals surface area contributed by atoms with Crippen molar-refractivity contribution in [3.8, 4) is 5.75 Å². The van der Waals surface area contributed by atoms with Crippen molar-refractivity contribution in [2.24, 2.45) is 5.92 Å². The first kappa shape index (κ1) is 12.3. The average molecular weight is 253 g/mol. The number of phenolic OH excluding ortho intramolecular Hbond substituents is 1. The van der Waals surface area contributed by atoms with E-state index in [-0.39, 0.29) is 17.7 Å². The highest BCUT2D eigenvalue weighted by Crippen LogP contribution is 2.38. The van der Waals surface area contributed by atoms with Crippen LogP contribution in [0.1, 0.15) is 18.0 Å². The first-order valence-corrected chi connectivity index (χ1v) is 6.68. The van der Waals surface area contributed by atoms with E-state index in [1.165, 1.54) is 0 Å². The monoisotopic (exact) mass is 253 g/mol. The molecule has 0 aliphatic carbocycles. The largest absolute Gasteiger partial charge is 0.508 e. The summed E-state index contributed by atoms with van der Waals surface area (Å²) in [5.41, 5.74) is 0.823. The van der Waals surface area contributed by atoms with Crippen LogP contribution in [0.5, 0.6) is 5.75 Å². The molecule has 1 fully saturated rings. The molecule has 0 amide bonds. The molecule has 1 aromatic rings. The maximum atomic E-state index is 10.9. The highest BCUT2D eigenvalue weighted by atomic mass is 32.2. The standard InChI is InChI=1S/C12H15NO3S/c1-17-10-4-2-3-9(14)11(10)8-5-7(6-13-8)12(15)16/h2-4,7-8,13-14H,5-6H2,1H3,(H,15,16). The number of thioether (sulfide) groups is 1. The zero-order valence-electron chi connectivity index (χ0n) is 9.51. The molecule has 0 bridgehead atoms. The van der Waals surface area contributed by atoms with Gasteiger partial charge in [0.05, 0.1) is 5.92 Å². The minimum atomic E-state index is -0.777. The predicted octanol–water partition coefficient (Wildman–Crippen LogP) is 1.85. The molecule has 0 saturated carbocycles. The van der Waals surface area contributed by atoms with Gasteiger partial charge in [-0.05, 0) is 24.8 Å². The summed E-state index contributed by atoms with van der Waals surface area (Å²) in [4.78, 5) is 11.9. The maximum Gasteiger partial charge on any atom is 0.307 e. The van der Waals surface area contributed by atoms with Crippen molar-refractivity contribution in [2.75, 3.05) is 12.8 Å². The van der Waals surface area contributed by atoms with E-state index in [1.807, 2.05) is 12.3 Å². The molecule has 1 saturated heterocycles. The van der Waals surface area contributed by atoms with Crippen LogP contribution < -0.4 is 5.32 Å². The molecule has 2 atom stereocenters. The van der Waals surface area contributed by atoms with Gasteiger partial charge in [0.2, 0.25) is 0 Å². The summed E-state index contributed by atoms with van der Waals surface area (Å²) in [6.45, 7) is 0.460. The second-order valence-electron chi connectivity index (χ2n) is 4.12. The molecule has 0 spiro atoms. The van der Waals surface area contributed by atoms with E-state index in [4.69, 9.17) is 5.11 Å². The zero-order chi connectivity index (χ0) is 12.4. The molecule has 2 unspecified atom stereocenters. The lowest BCUT2D eigenvalue weighted by Gasteiger charge is -2.16. The first-order chi connectivity index (χ1) is 8.13. The molecular formula is C12H15NO3S. The minimum Gasteiger partial charge on any atom is -0.508 e. The highest BCUT2D eigenvalue weighted by Gasteiger charge is 2.32. The third kappa shape index (κ3) is 2.40. The van der Waals surface area contributed by atoms with Crippen LogP contribution in [0, 0.1) is 5.92 Å². The fraction of sp³-hybridized carbons (Fsp3) is 0.417. The molecule has 0 aromatic heterocycles. The van der Waals surface area contributed by atoms with Crippen LogP contribution >= 0.6 is 11.8 Å². The Morgan fingerprint density at radius 2 is 2.29 bits per heavy atom. The first-order valence-electron chi connectivity index (χ1n) is 5.45. The minimum absolute atomic E-state index is 0.0697. The predicted molar refractivity (Wildman–Crippen MR) is 66.4 cm³/mol. The maximum absolute atomic E-state index is 10.9. The van der Waals surface area contributed by atoms with Crippen molar-refractivity contribution < 1.29 is 15.0 Å². The van der Waals surface area contributed by atoms with Crippen LogP contribution in [0.15, 0.2) is 23.1 Å². The number of hydrogen-bond donors (Lipinski definition) is 3. The lowest BCUT2D eigenvalue weighted by Crippen LogP contribution is -2.17. The van der Waals surface area contributed by atoms with Gasteiger partial charge in [-0.25, -0.2) is 0 Å². The van der Waals surface area contributed by atoms with Gasteiger partial charge in [0, 0.05) is 23.0 Å². The normalized spacial score (nSPS) is 23.8. The van der Waals surface area contributed by atoms with Gasteiger partial charge in [0.25, 0.3) is 0 Å². The van der Waals surface area contributed by atoms with Gasteiger partial charge in [0.1, 0.15) is 5.75 Å². The summed E-state index contributed by atoms with van der Waals surface area (Å²) in [6.07, 6.45) is 2.47. The second kappa shape index (κ2) is 4.98. The van der Waals surface area contributed by atoms with Crippen molar-refractivity contribution in [1.29, 1.82) is 0 Å². The molecular weight excluding hydrogens is 238 g/mol. The van der Waals surface area contributed by atoms with Crippen molar-refractivity contribution >= 4 is 17.7 Å². The summed E-state index contributed by atoms with van der Waals surface area (Å²) >= 11 is 1.56. The molecule has 1 aliphatic rings. The number of aromatic hydroxyl groups is 1. The number of phenols is 1. The Morgan fingerprint density at radius 1 is 1.53 bits per heavy atom. The molecule has 0 radical (unpaired) electrons. The Morgan fingerprint density at radius 3 is 2.88 bits per heavy atom. The molecule has 92 valence electrons. The quantitative estimate of drug-likeness (QED) is 0.717. The number of carboxylic acid groups (broad SMARTS) is 1. The van der Waals surface area contributed by atoms with Crippen molar-refractivity contribution in [3.05, 3.63) is 23.8 Å². The summed E-state index contributed by atoms with van der Waals surface area (Å²) in [5.74, 6) is -0.907. The molecule has 5 heteroatoms. The van der Waals surface area contributed by atoms with Gasteiger partial charge in [0.15, 0.2) is 0 Å². The highest BCUT2D eigenvalue weighted by molar-refractivity contribution is 7.98. The molecule has 1 heterocycles. The number of benzene rings is 1. The second-order valence-corrected chi connectivity index (χ2v) is 4.97. The van der Waals surface area contributed by atoms with E-state index in [0.717, 1.165) is 10.5 Å². The Labute approximate surface area is 104 Å². The SMILES string of the molecule is CSc1cccc(O)c1C1CC(C(=O)O)CN1. The van der Waals surface area contributed by atoms with Crippen LogP contribution in [-0.2, 0) is 4.79 Å². The fourth-order valence-electron chi connectivity index (χ4n) is 2.20. The van der Waals surface area contributed by atoms with Crippen molar-refractivity contribution in [1.82, 2.24) is 5.32 Å². The van der Waals surface area contributed by atoms with Gasteiger partial charge < -0.3 is 15.5 Å². The van der Waals surface area contributed by atoms with Gasteiger partial charge in [-0.3, -0.25) is 4.79 Å². The smallest absolute Gasteiger partial charge is 0.307 e. The molecule has 4 nitrogen and oxygen atoms in total. The number of carboxylic acids is 1. The topological polar surface area (TPSA) is 69.6 Å². The number of nitrogens with one attached hydrogen (secondary N) is 1. The summed E-state index contributed by atoms with van der Waals surface area (Å²) in [5, 5.41) is 22.0.